The molecule has 3 rings (SSSR count). The number of ether oxygens (including phenoxy) is 2. The fourth-order valence-corrected chi connectivity index (χ4v) is 3.87. The molecule has 1 heterocycles. The van der Waals surface area contributed by atoms with Crippen LogP contribution in [0.3, 0.4) is 0 Å². The Morgan fingerprint density at radius 2 is 2.04 bits per heavy atom. The van der Waals surface area contributed by atoms with Crippen molar-refractivity contribution in [2.24, 2.45) is 11.8 Å². The highest BCUT2D eigenvalue weighted by Crippen LogP contribution is 2.42. The summed E-state index contributed by atoms with van der Waals surface area (Å²) in [5.74, 6) is -1.63. The lowest BCUT2D eigenvalue weighted by Gasteiger charge is -2.36. The monoisotopic (exact) mass is 357 g/mol. The maximum atomic E-state index is 13.1. The molecule has 0 unspecified atom stereocenters. The van der Waals surface area contributed by atoms with Crippen LogP contribution < -0.4 is 10.1 Å². The van der Waals surface area contributed by atoms with Gasteiger partial charge in [0.05, 0.1) is 13.7 Å². The molecule has 0 aromatic heterocycles. The van der Waals surface area contributed by atoms with Crippen molar-refractivity contribution in [3.8, 4) is 5.75 Å². The third kappa shape index (κ3) is 3.23. The van der Waals surface area contributed by atoms with E-state index >= 15 is 0 Å². The van der Waals surface area contributed by atoms with Crippen molar-refractivity contribution in [1.29, 1.82) is 0 Å². The van der Waals surface area contributed by atoms with E-state index in [0.29, 0.717) is 30.0 Å². The summed E-state index contributed by atoms with van der Waals surface area (Å²) in [7, 11) is 1.29. The molecule has 1 aromatic rings. The smallest absolute Gasteiger partial charge is 0.316 e. The van der Waals surface area contributed by atoms with Crippen molar-refractivity contribution in [1.82, 2.24) is 5.32 Å². The molecule has 0 radical (unpaired) electrons. The molecule has 6 nitrogen and oxygen atoms in total. The maximum absolute atomic E-state index is 13.1. The number of methoxy groups -OCH3 is 1. The zero-order valence-corrected chi connectivity index (χ0v) is 15.2. The molecule has 1 amide bonds. The fraction of sp³-hybridized carbons (Fsp3) is 0.450. The molecule has 0 saturated heterocycles. The van der Waals surface area contributed by atoms with Gasteiger partial charge >= 0.3 is 5.97 Å². The fourth-order valence-electron chi connectivity index (χ4n) is 3.87. The number of Topliss-reactive ketones (excluding diaryl/α,β-unsaturated/α-hetero) is 1. The number of hydrogen-bond donors (Lipinski definition) is 1. The van der Waals surface area contributed by atoms with Gasteiger partial charge in [-0.2, -0.15) is 0 Å². The van der Waals surface area contributed by atoms with Gasteiger partial charge < -0.3 is 14.8 Å². The molecule has 138 valence electrons. The molecule has 1 aliphatic heterocycles. The standard InChI is InChI=1S/C20H23NO5/c1-4-26-13-7-5-6-12(9-13)14-10-16(22)21-15-8-11(2)17(20(24)25-3)19(23)18(14)15/h5-7,9,11,14,17H,4,8,10H2,1-3H3,(H,21,22)/t11-,14+,17-/m1/s1. The van der Waals surface area contributed by atoms with Crippen LogP contribution in [0.5, 0.6) is 5.75 Å². The van der Waals surface area contributed by atoms with Gasteiger partial charge in [-0.25, -0.2) is 0 Å². The van der Waals surface area contributed by atoms with E-state index in [-0.39, 0.29) is 29.9 Å². The molecule has 26 heavy (non-hydrogen) atoms. The first-order chi connectivity index (χ1) is 12.5. The Balaban J connectivity index is 2.04. The van der Waals surface area contributed by atoms with Gasteiger partial charge in [0.1, 0.15) is 11.7 Å². The molecule has 0 spiro atoms. The first-order valence-electron chi connectivity index (χ1n) is 8.84. The van der Waals surface area contributed by atoms with Crippen LogP contribution >= 0.6 is 0 Å². The predicted molar refractivity (Wildman–Crippen MR) is 94.4 cm³/mol. The Hall–Kier alpha value is -2.63. The summed E-state index contributed by atoms with van der Waals surface area (Å²) in [5.41, 5.74) is 1.99. The minimum atomic E-state index is -0.827. The summed E-state index contributed by atoms with van der Waals surface area (Å²) >= 11 is 0. The molecule has 6 heteroatoms. The highest BCUT2D eigenvalue weighted by molar-refractivity contribution is 6.11. The number of nitrogens with one attached hydrogen (secondary N) is 1. The van der Waals surface area contributed by atoms with Gasteiger partial charge in [-0.1, -0.05) is 19.1 Å². The lowest BCUT2D eigenvalue weighted by atomic mass is 9.70. The highest BCUT2D eigenvalue weighted by atomic mass is 16.5. The van der Waals surface area contributed by atoms with E-state index in [1.165, 1.54) is 7.11 Å². The summed E-state index contributed by atoms with van der Waals surface area (Å²) < 4.78 is 10.4. The lowest BCUT2D eigenvalue weighted by molar-refractivity contribution is -0.151. The van der Waals surface area contributed by atoms with Gasteiger partial charge in [0.15, 0.2) is 5.78 Å². The Morgan fingerprint density at radius 3 is 2.73 bits per heavy atom. The molecule has 0 saturated carbocycles. The SMILES string of the molecule is CCOc1cccc([C@@H]2CC(=O)NC3=C2C(=O)[C@H](C(=O)OC)[C@H](C)C3)c1. The summed E-state index contributed by atoms with van der Waals surface area (Å²) in [5, 5.41) is 2.83. The van der Waals surface area contributed by atoms with Gasteiger partial charge in [-0.3, -0.25) is 14.4 Å². The molecule has 1 aromatic carbocycles. The van der Waals surface area contributed by atoms with Gasteiger partial charge in [-0.15, -0.1) is 0 Å². The Bertz CT molecular complexity index is 782. The van der Waals surface area contributed by atoms with Gasteiger partial charge in [0.2, 0.25) is 5.91 Å². The number of hydrogen-bond acceptors (Lipinski definition) is 5. The lowest BCUT2D eigenvalue weighted by Crippen LogP contribution is -2.44. The summed E-state index contributed by atoms with van der Waals surface area (Å²) in [6.07, 6.45) is 0.636. The van der Waals surface area contributed by atoms with E-state index in [1.807, 2.05) is 38.1 Å². The van der Waals surface area contributed by atoms with Crippen LogP contribution in [0.4, 0.5) is 0 Å². The number of allylic oxidation sites excluding steroid dienone is 2. The van der Waals surface area contributed by atoms with Gasteiger partial charge in [0.25, 0.3) is 0 Å². The Labute approximate surface area is 152 Å². The van der Waals surface area contributed by atoms with E-state index in [2.05, 4.69) is 5.32 Å². The largest absolute Gasteiger partial charge is 0.494 e. The van der Waals surface area contributed by atoms with E-state index in [0.717, 1.165) is 5.56 Å². The maximum Gasteiger partial charge on any atom is 0.316 e. The molecule has 1 N–H and O–H groups in total. The van der Waals surface area contributed by atoms with E-state index in [1.54, 1.807) is 0 Å². The molecule has 3 atom stereocenters. The van der Waals surface area contributed by atoms with Crippen molar-refractivity contribution in [3.63, 3.8) is 0 Å². The van der Waals surface area contributed by atoms with Gasteiger partial charge in [-0.05, 0) is 37.0 Å². The van der Waals surface area contributed by atoms with E-state index < -0.39 is 11.9 Å². The summed E-state index contributed by atoms with van der Waals surface area (Å²) in [6, 6.07) is 7.43. The number of carbonyl (C=O) groups is 3. The number of carbonyl (C=O) groups excluding carboxylic acids is 3. The van der Waals surface area contributed by atoms with Crippen LogP contribution in [-0.2, 0) is 19.1 Å². The molecular weight excluding hydrogens is 334 g/mol. The second-order valence-corrected chi connectivity index (χ2v) is 6.75. The molecule has 0 fully saturated rings. The quantitative estimate of drug-likeness (QED) is 0.661. The number of esters is 1. The normalized spacial score (nSPS) is 25.4. The van der Waals surface area contributed by atoms with Crippen LogP contribution in [0.25, 0.3) is 0 Å². The number of rotatable bonds is 4. The molecule has 1 aliphatic carbocycles. The van der Waals surface area contributed by atoms with Crippen LogP contribution in [-0.4, -0.2) is 31.4 Å². The van der Waals surface area contributed by atoms with Crippen molar-refractivity contribution in [3.05, 3.63) is 41.1 Å². The number of benzene rings is 1. The second-order valence-electron chi connectivity index (χ2n) is 6.75. The topological polar surface area (TPSA) is 81.7 Å². The van der Waals surface area contributed by atoms with Crippen molar-refractivity contribution in [2.75, 3.05) is 13.7 Å². The van der Waals surface area contributed by atoms with Crippen molar-refractivity contribution >= 4 is 17.7 Å². The molecule has 2 aliphatic rings. The van der Waals surface area contributed by atoms with Gasteiger partial charge in [0, 0.05) is 23.6 Å². The average molecular weight is 357 g/mol. The zero-order valence-electron chi connectivity index (χ0n) is 15.2. The number of ketones is 1. The zero-order chi connectivity index (χ0) is 18.8. The van der Waals surface area contributed by atoms with Crippen molar-refractivity contribution < 1.29 is 23.9 Å². The third-order valence-electron chi connectivity index (χ3n) is 5.02. The third-order valence-corrected chi connectivity index (χ3v) is 5.02. The van der Waals surface area contributed by atoms with Crippen LogP contribution in [0.15, 0.2) is 35.5 Å². The van der Waals surface area contributed by atoms with Crippen LogP contribution in [0.2, 0.25) is 0 Å². The first kappa shape index (κ1) is 18.2. The molecular formula is C20H23NO5. The van der Waals surface area contributed by atoms with E-state index in [9.17, 15) is 14.4 Å². The average Bonchev–Trinajstić information content (AvgIpc) is 2.61. The number of amides is 1. The first-order valence-corrected chi connectivity index (χ1v) is 8.84. The highest BCUT2D eigenvalue weighted by Gasteiger charge is 2.45. The second kappa shape index (κ2) is 7.32. The summed E-state index contributed by atoms with van der Waals surface area (Å²) in [4.78, 5) is 37.5. The van der Waals surface area contributed by atoms with Crippen LogP contribution in [0, 0.1) is 11.8 Å². The Morgan fingerprint density at radius 1 is 1.27 bits per heavy atom. The minimum Gasteiger partial charge on any atom is -0.494 e. The van der Waals surface area contributed by atoms with E-state index in [4.69, 9.17) is 9.47 Å². The van der Waals surface area contributed by atoms with Crippen LogP contribution in [0.1, 0.15) is 38.2 Å². The predicted octanol–water partition coefficient (Wildman–Crippen LogP) is 2.34. The van der Waals surface area contributed by atoms with Crippen molar-refractivity contribution in [2.45, 2.75) is 32.6 Å². The Kier molecular flexibility index (Phi) is 5.11. The minimum absolute atomic E-state index is 0.118. The summed E-state index contributed by atoms with van der Waals surface area (Å²) in [6.45, 7) is 4.26. The molecule has 0 bridgehead atoms.